The zero-order chi connectivity index (χ0) is 33.9. The van der Waals surface area contributed by atoms with Crippen molar-refractivity contribution in [3.05, 3.63) is 91.5 Å². The fraction of sp³-hybridized carbons (Fsp3) is 0.294. The summed E-state index contributed by atoms with van der Waals surface area (Å²) < 4.78 is 8.67. The first kappa shape index (κ1) is 33.9. The van der Waals surface area contributed by atoms with Crippen LogP contribution in [-0.4, -0.2) is 63.0 Å². The van der Waals surface area contributed by atoms with Crippen molar-refractivity contribution in [2.45, 2.75) is 32.0 Å². The van der Waals surface area contributed by atoms with E-state index in [9.17, 15) is 9.59 Å². The molecule has 0 aliphatic carbocycles. The maximum atomic E-state index is 13.2. The van der Waals surface area contributed by atoms with Gasteiger partial charge in [-0.15, -0.1) is 0 Å². The Hall–Kier alpha value is -3.97. The van der Waals surface area contributed by atoms with E-state index in [1.54, 1.807) is 29.9 Å². The molecule has 1 unspecified atom stereocenters. The normalized spacial score (nSPS) is 14.5. The Kier molecular flexibility index (Phi) is 10.4. The van der Waals surface area contributed by atoms with Crippen molar-refractivity contribution in [2.75, 3.05) is 26.8 Å². The Morgan fingerprint density at radius 1 is 1.00 bits per heavy atom. The fourth-order valence-electron chi connectivity index (χ4n) is 5.84. The van der Waals surface area contributed by atoms with Gasteiger partial charge in [0.1, 0.15) is 11.3 Å². The number of ether oxygens (including phenoxy) is 1. The highest BCUT2D eigenvalue weighted by Gasteiger charge is 2.22. The van der Waals surface area contributed by atoms with Crippen molar-refractivity contribution in [3.8, 4) is 39.4 Å². The van der Waals surface area contributed by atoms with Crippen LogP contribution in [0.3, 0.4) is 0 Å². The molecule has 4 N–H and O–H groups in total. The molecule has 2 aromatic carbocycles. The molecular weight excluding hydrogens is 677 g/mol. The van der Waals surface area contributed by atoms with Gasteiger partial charge in [-0.1, -0.05) is 71.2 Å². The lowest BCUT2D eigenvalue weighted by Gasteiger charge is -2.16. The number of aliphatic hydroxyl groups excluding tert-OH is 1. The van der Waals surface area contributed by atoms with Gasteiger partial charge in [0.25, 0.3) is 5.56 Å². The van der Waals surface area contributed by atoms with Crippen LogP contribution in [0.4, 0.5) is 0 Å². The van der Waals surface area contributed by atoms with Gasteiger partial charge in [0.2, 0.25) is 11.8 Å². The molecule has 1 aliphatic heterocycles. The molecule has 1 aliphatic rings. The van der Waals surface area contributed by atoms with Crippen LogP contribution >= 0.6 is 34.8 Å². The van der Waals surface area contributed by atoms with E-state index in [-0.39, 0.29) is 24.1 Å². The molecule has 3 aromatic heterocycles. The standard InChI is InChI=1S/C34H34Cl3N7O4/c1-43-29(17-38-11-12-45)42-44-18-19(13-28(44)34(43)47)21-5-3-6-22(31(21)36)23-7-4-8-24(32(23)37)27-14-26(35)25(33(41-27)48-2)16-39-15-20-9-10-30(46)40-20/h3-8,13-14,18,20,38-39,45H,9-12,15-17H2,1-2H3,(H,40,46). The van der Waals surface area contributed by atoms with Gasteiger partial charge in [-0.05, 0) is 18.6 Å². The average Bonchev–Trinajstić information content (AvgIpc) is 3.70. The van der Waals surface area contributed by atoms with E-state index in [2.05, 4.69) is 21.0 Å². The van der Waals surface area contributed by atoms with Crippen LogP contribution in [0.2, 0.25) is 15.1 Å². The number of nitrogens with one attached hydrogen (secondary N) is 3. The maximum Gasteiger partial charge on any atom is 0.277 e. The first-order valence-electron chi connectivity index (χ1n) is 15.4. The number of hydrogen-bond donors (Lipinski definition) is 4. The Morgan fingerprint density at radius 2 is 1.71 bits per heavy atom. The SMILES string of the molecule is COc1nc(-c2cccc(-c3cccc(-c4cc5c(=O)n(C)c(CNCCO)nn5c4)c3Cl)c2Cl)cc(Cl)c1CNCC1CCC(=O)N1. The predicted octanol–water partition coefficient (Wildman–Crippen LogP) is 4.85. The number of fused-ring (bicyclic) bond motifs is 1. The van der Waals surface area contributed by atoms with Crippen molar-refractivity contribution < 1.29 is 14.6 Å². The minimum absolute atomic E-state index is 0.0157. The number of pyridine rings is 1. The Balaban J connectivity index is 1.31. The van der Waals surface area contributed by atoms with Crippen molar-refractivity contribution in [1.82, 2.24) is 35.1 Å². The highest BCUT2D eigenvalue weighted by Crippen LogP contribution is 2.43. The molecule has 11 nitrogen and oxygen atoms in total. The third-order valence-electron chi connectivity index (χ3n) is 8.38. The maximum absolute atomic E-state index is 13.2. The molecule has 1 amide bonds. The van der Waals surface area contributed by atoms with Crippen LogP contribution in [0.1, 0.15) is 24.2 Å². The summed E-state index contributed by atoms with van der Waals surface area (Å²) in [6.45, 7) is 1.72. The van der Waals surface area contributed by atoms with Crippen LogP contribution in [0.25, 0.3) is 39.0 Å². The molecule has 1 fully saturated rings. The second kappa shape index (κ2) is 14.7. The van der Waals surface area contributed by atoms with Gasteiger partial charge in [-0.25, -0.2) is 9.50 Å². The Labute approximate surface area is 291 Å². The smallest absolute Gasteiger partial charge is 0.277 e. The van der Waals surface area contributed by atoms with Crippen LogP contribution in [0.5, 0.6) is 5.88 Å². The first-order valence-corrected chi connectivity index (χ1v) is 16.5. The second-order valence-electron chi connectivity index (χ2n) is 11.5. The number of carbonyl (C=O) groups is 1. The minimum atomic E-state index is -0.203. The van der Waals surface area contributed by atoms with Crippen molar-refractivity contribution in [2.24, 2.45) is 7.05 Å². The van der Waals surface area contributed by atoms with Crippen LogP contribution in [0, 0.1) is 0 Å². The molecule has 0 bridgehead atoms. The number of halogens is 3. The molecule has 1 atom stereocenters. The van der Waals surface area contributed by atoms with Crippen LogP contribution in [0.15, 0.2) is 59.5 Å². The predicted molar refractivity (Wildman–Crippen MR) is 188 cm³/mol. The number of benzene rings is 2. The topological polar surface area (TPSA) is 135 Å². The van der Waals surface area contributed by atoms with Crippen LogP contribution < -0.4 is 26.2 Å². The Morgan fingerprint density at radius 3 is 2.40 bits per heavy atom. The van der Waals surface area contributed by atoms with E-state index < -0.39 is 0 Å². The summed E-state index contributed by atoms with van der Waals surface area (Å²) >= 11 is 20.9. The van der Waals surface area contributed by atoms with Gasteiger partial charge in [0.05, 0.1) is 41.0 Å². The molecule has 0 spiro atoms. The zero-order valence-electron chi connectivity index (χ0n) is 26.3. The van der Waals surface area contributed by atoms with E-state index in [1.165, 1.54) is 11.7 Å². The van der Waals surface area contributed by atoms with Gasteiger partial charge >= 0.3 is 0 Å². The summed E-state index contributed by atoms with van der Waals surface area (Å²) in [4.78, 5) is 29.4. The van der Waals surface area contributed by atoms with Gasteiger partial charge in [-0.3, -0.25) is 14.2 Å². The van der Waals surface area contributed by atoms with E-state index in [1.807, 2.05) is 36.4 Å². The highest BCUT2D eigenvalue weighted by molar-refractivity contribution is 6.39. The average molecular weight is 711 g/mol. The quantitative estimate of drug-likeness (QED) is 0.135. The summed E-state index contributed by atoms with van der Waals surface area (Å²) in [5.74, 6) is 0.965. The molecule has 5 aromatic rings. The van der Waals surface area contributed by atoms with Crippen molar-refractivity contribution in [3.63, 3.8) is 0 Å². The third-order valence-corrected chi connectivity index (χ3v) is 9.54. The molecule has 4 heterocycles. The van der Waals surface area contributed by atoms with E-state index in [4.69, 9.17) is 49.6 Å². The van der Waals surface area contributed by atoms with E-state index >= 15 is 0 Å². The summed E-state index contributed by atoms with van der Waals surface area (Å²) in [5, 5.41) is 24.4. The molecule has 6 rings (SSSR count). The Bertz CT molecular complexity index is 2060. The number of rotatable bonds is 12. The van der Waals surface area contributed by atoms with Gasteiger partial charge in [0, 0.05) is 78.7 Å². The molecule has 48 heavy (non-hydrogen) atoms. The number of aromatic nitrogens is 4. The lowest BCUT2D eigenvalue weighted by Crippen LogP contribution is -2.35. The van der Waals surface area contributed by atoms with Crippen LogP contribution in [-0.2, 0) is 24.9 Å². The molecule has 0 saturated carbocycles. The van der Waals surface area contributed by atoms with E-state index in [0.717, 1.165) is 12.0 Å². The monoisotopic (exact) mass is 709 g/mol. The summed E-state index contributed by atoms with van der Waals surface area (Å²) in [7, 11) is 3.21. The van der Waals surface area contributed by atoms with Gasteiger partial charge in [0.15, 0.2) is 0 Å². The molecule has 14 heteroatoms. The fourth-order valence-corrected chi connectivity index (χ4v) is 6.76. The summed E-state index contributed by atoms with van der Waals surface area (Å²) in [5.41, 5.74) is 4.90. The molecule has 0 radical (unpaired) electrons. The first-order chi connectivity index (χ1) is 23.2. The zero-order valence-corrected chi connectivity index (χ0v) is 28.6. The number of hydrogen-bond acceptors (Lipinski definition) is 8. The summed E-state index contributed by atoms with van der Waals surface area (Å²) in [6.07, 6.45) is 3.10. The molecule has 1 saturated heterocycles. The largest absolute Gasteiger partial charge is 0.481 e. The lowest BCUT2D eigenvalue weighted by molar-refractivity contribution is -0.119. The number of amides is 1. The second-order valence-corrected chi connectivity index (χ2v) is 12.6. The number of nitrogens with zero attached hydrogens (tertiary/aromatic N) is 4. The third kappa shape index (κ3) is 6.80. The van der Waals surface area contributed by atoms with Gasteiger partial charge < -0.3 is 25.8 Å². The van der Waals surface area contributed by atoms with Crippen molar-refractivity contribution >= 4 is 46.2 Å². The summed E-state index contributed by atoms with van der Waals surface area (Å²) in [6, 6.07) is 14.9. The lowest BCUT2D eigenvalue weighted by atomic mass is 9.97. The highest BCUT2D eigenvalue weighted by atomic mass is 35.5. The number of aliphatic hydroxyl groups is 1. The van der Waals surface area contributed by atoms with E-state index in [0.29, 0.717) is 98.4 Å². The van der Waals surface area contributed by atoms with Crippen molar-refractivity contribution in [1.29, 1.82) is 0 Å². The van der Waals surface area contributed by atoms with Gasteiger partial charge in [-0.2, -0.15) is 5.10 Å². The number of methoxy groups -OCH3 is 1. The minimum Gasteiger partial charge on any atom is -0.481 e. The molecule has 250 valence electrons. The number of carbonyl (C=O) groups excluding carboxylic acids is 1. The molecular formula is C34H34Cl3N7O4.